The Kier molecular flexibility index (Phi) is 4.43. The molecule has 0 heterocycles. The molecule has 0 N–H and O–H groups in total. The van der Waals surface area contributed by atoms with Crippen LogP contribution in [-0.4, -0.2) is 16.0 Å². The van der Waals surface area contributed by atoms with Gasteiger partial charge in [-0.3, -0.25) is 0 Å². The molecule has 0 atom stereocenters. The molecule has 0 aliphatic rings. The van der Waals surface area contributed by atoms with Gasteiger partial charge in [-0.25, -0.2) is 0 Å². The molecule has 0 amide bonds. The summed E-state index contributed by atoms with van der Waals surface area (Å²) in [7, 11) is 0. The zero-order chi connectivity index (χ0) is 3.41. The predicted octanol–water partition coefficient (Wildman–Crippen LogP) is 0.753. The summed E-state index contributed by atoms with van der Waals surface area (Å²) in [6.07, 6.45) is 0. The Morgan fingerprint density at radius 3 is 2.00 bits per heavy atom. The summed E-state index contributed by atoms with van der Waals surface area (Å²) in [4.78, 5) is 3.64. The summed E-state index contributed by atoms with van der Waals surface area (Å²) < 4.78 is 0. The number of hydrogen-bond acceptors (Lipinski definition) is 0. The van der Waals surface area contributed by atoms with Crippen LogP contribution in [0.2, 0.25) is 0 Å². The first kappa shape index (κ1) is 4.74. The second kappa shape index (κ2) is 3.74. The van der Waals surface area contributed by atoms with E-state index in [1.807, 2.05) is 4.97 Å². The molecule has 0 spiro atoms. The van der Waals surface area contributed by atoms with Gasteiger partial charge in [0.05, 0.1) is 0 Å². The third-order valence-corrected chi connectivity index (χ3v) is 1.52. The minimum absolute atomic E-state index is 1.78. The van der Waals surface area contributed by atoms with E-state index in [1.54, 1.807) is 4.99 Å². The summed E-state index contributed by atoms with van der Waals surface area (Å²) >= 11 is 5.36. The molecule has 24 valence electrons. The first-order chi connectivity index (χ1) is 1.91. The predicted molar refractivity (Wildman–Crippen MR) is 25.2 cm³/mol. The Morgan fingerprint density at radius 1 is 1.75 bits per heavy atom. The van der Waals surface area contributed by atoms with Gasteiger partial charge in [0.15, 0.2) is 0 Å². The van der Waals surface area contributed by atoms with Gasteiger partial charge in [0, 0.05) is 0 Å². The molecule has 0 rings (SSSR count). The molecule has 0 aliphatic heterocycles. The number of rotatable bonds is 0. The van der Waals surface area contributed by atoms with E-state index in [4.69, 9.17) is 0 Å². The van der Waals surface area contributed by atoms with E-state index in [1.165, 1.54) is 0 Å². The topological polar surface area (TPSA) is 0 Å². The van der Waals surface area contributed by atoms with Crippen molar-refractivity contribution in [1.82, 2.24) is 0 Å². The zero-order valence-electron chi connectivity index (χ0n) is 1.98. The molecule has 0 aromatic carbocycles. The summed E-state index contributed by atoms with van der Waals surface area (Å²) in [5.74, 6) is 0. The van der Waals surface area contributed by atoms with Gasteiger partial charge in [0.1, 0.15) is 0 Å². The van der Waals surface area contributed by atoms with Crippen molar-refractivity contribution in [2.75, 3.05) is 0 Å². The monoisotopic (exact) mass is 186 g/mol. The summed E-state index contributed by atoms with van der Waals surface area (Å²) in [5, 5.41) is 0. The fourth-order valence-electron chi connectivity index (χ4n) is 0. The number of hydrogen-bond donors (Lipinski definition) is 0. The van der Waals surface area contributed by atoms with Crippen molar-refractivity contribution < 1.29 is 0 Å². The van der Waals surface area contributed by atoms with Gasteiger partial charge < -0.3 is 0 Å². The maximum absolute atomic E-state index is 3.05. The zero-order valence-corrected chi connectivity index (χ0v) is 5.44. The molecule has 0 unspecified atom stereocenters. The quantitative estimate of drug-likeness (QED) is 0.489. The van der Waals surface area contributed by atoms with Crippen LogP contribution in [0.4, 0.5) is 0 Å². The molecule has 0 radical (unpaired) electrons. The molecule has 0 aliphatic carbocycles. The van der Waals surface area contributed by atoms with Crippen LogP contribution in [0.5, 0.6) is 0 Å². The van der Waals surface area contributed by atoms with E-state index in [0.29, 0.717) is 0 Å². The van der Waals surface area contributed by atoms with Crippen molar-refractivity contribution in [3.05, 3.63) is 9.96 Å². The van der Waals surface area contributed by atoms with Crippen LogP contribution in [0.3, 0.4) is 0 Å². The molecule has 0 saturated heterocycles. The maximum atomic E-state index is 3.05. The Hall–Kier alpha value is 0.739. The second-order valence-electron chi connectivity index (χ2n) is 0.275. The van der Waals surface area contributed by atoms with Crippen LogP contribution in [-0.2, 0) is 0 Å². The Morgan fingerprint density at radius 2 is 2.00 bits per heavy atom. The van der Waals surface area contributed by atoms with Gasteiger partial charge in [0.2, 0.25) is 0 Å². The Labute approximate surface area is 42.2 Å². The van der Waals surface area contributed by atoms with Crippen LogP contribution in [0.1, 0.15) is 0 Å². The fourth-order valence-corrected chi connectivity index (χ4v) is 0. The van der Waals surface area contributed by atoms with E-state index in [2.05, 4.69) is 31.9 Å². The van der Waals surface area contributed by atoms with Crippen LogP contribution in [0.15, 0.2) is 9.96 Å². The normalized spacial score (nSPS) is 9.50. The molecule has 2 heteroatoms. The van der Waals surface area contributed by atoms with E-state index >= 15 is 0 Å². The molecular formula is C2H3BrSe. The average molecular weight is 186 g/mol. The third-order valence-electron chi connectivity index (χ3n) is 0.0563. The van der Waals surface area contributed by atoms with Crippen molar-refractivity contribution in [1.29, 1.82) is 0 Å². The van der Waals surface area contributed by atoms with Crippen molar-refractivity contribution >= 4 is 31.9 Å². The van der Waals surface area contributed by atoms with Crippen LogP contribution < -0.4 is 0 Å². The van der Waals surface area contributed by atoms with Crippen molar-refractivity contribution in [2.45, 2.75) is 0 Å². The molecule has 0 bridgehead atoms. The first-order valence-electron chi connectivity index (χ1n) is 0.810. The van der Waals surface area contributed by atoms with E-state index < -0.39 is 0 Å². The van der Waals surface area contributed by atoms with Crippen LogP contribution >= 0.6 is 15.9 Å². The standard InChI is InChI=1S/C2H3BrSe/c3-1-2-4/h1-2,4H/b2-1+. The Bertz CT molecular complexity index is 21.2. The van der Waals surface area contributed by atoms with Crippen molar-refractivity contribution in [2.24, 2.45) is 0 Å². The first-order valence-corrected chi connectivity index (χ1v) is 2.81. The molecule has 0 fully saturated rings. The van der Waals surface area contributed by atoms with Gasteiger partial charge in [-0.05, 0) is 0 Å². The van der Waals surface area contributed by atoms with E-state index in [0.717, 1.165) is 0 Å². The molecule has 0 saturated carbocycles. The second-order valence-corrected chi connectivity index (χ2v) is 1.43. The Balaban J connectivity index is 2.55. The molecular weight excluding hydrogens is 183 g/mol. The van der Waals surface area contributed by atoms with Crippen molar-refractivity contribution in [3.63, 3.8) is 0 Å². The van der Waals surface area contributed by atoms with Gasteiger partial charge in [-0.1, -0.05) is 0 Å². The summed E-state index contributed by atoms with van der Waals surface area (Å²) in [5.41, 5.74) is 0. The average Bonchev–Trinajstić information content (AvgIpc) is 1.37. The fraction of sp³-hybridized carbons (Fsp3) is 0. The van der Waals surface area contributed by atoms with Gasteiger partial charge in [0.25, 0.3) is 0 Å². The summed E-state index contributed by atoms with van der Waals surface area (Å²) in [6, 6.07) is 0. The van der Waals surface area contributed by atoms with Crippen LogP contribution in [0, 0.1) is 0 Å². The SMILES string of the molecule is [SeH]/C=C/Br. The number of halogens is 1. The van der Waals surface area contributed by atoms with Gasteiger partial charge in [-0.15, -0.1) is 0 Å². The van der Waals surface area contributed by atoms with Crippen LogP contribution in [0.25, 0.3) is 0 Å². The molecule has 0 aromatic rings. The molecule has 0 aromatic heterocycles. The van der Waals surface area contributed by atoms with Gasteiger partial charge >= 0.3 is 41.9 Å². The minimum atomic E-state index is 1.78. The third kappa shape index (κ3) is 2.74. The summed E-state index contributed by atoms with van der Waals surface area (Å²) in [6.45, 7) is 0. The van der Waals surface area contributed by atoms with Gasteiger partial charge in [-0.2, -0.15) is 0 Å². The molecule has 4 heavy (non-hydrogen) atoms. The van der Waals surface area contributed by atoms with E-state index in [-0.39, 0.29) is 0 Å². The van der Waals surface area contributed by atoms with E-state index in [9.17, 15) is 0 Å². The molecule has 0 nitrogen and oxygen atoms in total. The van der Waals surface area contributed by atoms with Crippen molar-refractivity contribution in [3.8, 4) is 0 Å².